The molecule has 1 heterocycles. The minimum Gasteiger partial charge on any atom is -0.466 e. The van der Waals surface area contributed by atoms with E-state index in [1.54, 1.807) is 0 Å². The molecule has 2 atom stereocenters. The molecule has 1 N–H and O–H groups in total. The highest BCUT2D eigenvalue weighted by molar-refractivity contribution is 5.72. The van der Waals surface area contributed by atoms with Gasteiger partial charge in [0.2, 0.25) is 0 Å². The van der Waals surface area contributed by atoms with Gasteiger partial charge in [0.1, 0.15) is 0 Å². The average Bonchev–Trinajstić information content (AvgIpc) is 2.06. The monoisotopic (exact) mass is 171 g/mol. The number of ether oxygens (including phenoxy) is 1. The number of nitrogens with one attached hydrogen (secondary N) is 1. The van der Waals surface area contributed by atoms with Gasteiger partial charge in [-0.15, -0.1) is 0 Å². The Hall–Kier alpha value is -0.570. The summed E-state index contributed by atoms with van der Waals surface area (Å²) in [7, 11) is 0. The van der Waals surface area contributed by atoms with Gasteiger partial charge >= 0.3 is 5.97 Å². The van der Waals surface area contributed by atoms with Crippen LogP contribution in [0.2, 0.25) is 0 Å². The van der Waals surface area contributed by atoms with Crippen LogP contribution in [-0.4, -0.2) is 25.2 Å². The molecule has 0 bridgehead atoms. The Labute approximate surface area is 73.5 Å². The number of hydrogen-bond acceptors (Lipinski definition) is 3. The molecule has 0 aromatic carbocycles. The van der Waals surface area contributed by atoms with Crippen molar-refractivity contribution in [1.29, 1.82) is 0 Å². The fourth-order valence-electron chi connectivity index (χ4n) is 1.46. The summed E-state index contributed by atoms with van der Waals surface area (Å²) >= 11 is 0. The lowest BCUT2D eigenvalue weighted by Crippen LogP contribution is -2.40. The SMILES string of the molecule is CCOC(=O)[C@@H]1CC[C@@H](C)NC1. The fourth-order valence-corrected chi connectivity index (χ4v) is 1.46. The summed E-state index contributed by atoms with van der Waals surface area (Å²) in [5.41, 5.74) is 0. The number of piperidine rings is 1. The maximum atomic E-state index is 11.2. The number of carbonyl (C=O) groups is 1. The van der Waals surface area contributed by atoms with Crippen LogP contribution in [0.3, 0.4) is 0 Å². The molecule has 0 amide bonds. The van der Waals surface area contributed by atoms with Crippen LogP contribution in [0.25, 0.3) is 0 Å². The first kappa shape index (κ1) is 9.52. The highest BCUT2D eigenvalue weighted by Crippen LogP contribution is 2.15. The largest absolute Gasteiger partial charge is 0.466 e. The van der Waals surface area contributed by atoms with Gasteiger partial charge in [0, 0.05) is 12.6 Å². The Morgan fingerprint density at radius 3 is 2.83 bits per heavy atom. The van der Waals surface area contributed by atoms with Crippen LogP contribution in [0, 0.1) is 5.92 Å². The van der Waals surface area contributed by atoms with Gasteiger partial charge in [0.15, 0.2) is 0 Å². The molecule has 0 aromatic heterocycles. The van der Waals surface area contributed by atoms with Crippen molar-refractivity contribution in [3.05, 3.63) is 0 Å². The van der Waals surface area contributed by atoms with Crippen LogP contribution in [0.1, 0.15) is 26.7 Å². The Morgan fingerprint density at radius 2 is 2.33 bits per heavy atom. The van der Waals surface area contributed by atoms with E-state index in [0.717, 1.165) is 19.4 Å². The average molecular weight is 171 g/mol. The van der Waals surface area contributed by atoms with E-state index in [2.05, 4.69) is 12.2 Å². The third-order valence-electron chi connectivity index (χ3n) is 2.28. The van der Waals surface area contributed by atoms with Crippen molar-refractivity contribution in [3.8, 4) is 0 Å². The number of carbonyl (C=O) groups excluding carboxylic acids is 1. The van der Waals surface area contributed by atoms with Crippen LogP contribution in [0.15, 0.2) is 0 Å². The minimum atomic E-state index is -0.0445. The first-order valence-corrected chi connectivity index (χ1v) is 4.64. The topological polar surface area (TPSA) is 38.3 Å². The quantitative estimate of drug-likeness (QED) is 0.628. The molecular formula is C9H17NO2. The standard InChI is InChI=1S/C9H17NO2/c1-3-12-9(11)8-5-4-7(2)10-6-8/h7-8,10H,3-6H2,1-2H3/t7-,8-/m1/s1. The van der Waals surface area contributed by atoms with Crippen LogP contribution < -0.4 is 5.32 Å². The molecule has 0 unspecified atom stereocenters. The van der Waals surface area contributed by atoms with Gasteiger partial charge in [0.25, 0.3) is 0 Å². The van der Waals surface area contributed by atoms with E-state index in [0.29, 0.717) is 12.6 Å². The normalized spacial score (nSPS) is 29.8. The Bertz CT molecular complexity index is 151. The third-order valence-corrected chi connectivity index (χ3v) is 2.28. The van der Waals surface area contributed by atoms with Crippen molar-refractivity contribution in [2.45, 2.75) is 32.7 Å². The van der Waals surface area contributed by atoms with Crippen LogP contribution in [0.4, 0.5) is 0 Å². The Balaban J connectivity index is 2.29. The van der Waals surface area contributed by atoms with Crippen molar-refractivity contribution < 1.29 is 9.53 Å². The second kappa shape index (κ2) is 4.45. The van der Waals surface area contributed by atoms with E-state index in [9.17, 15) is 4.79 Å². The molecule has 1 fully saturated rings. The summed E-state index contributed by atoms with van der Waals surface area (Å²) in [6, 6.07) is 0.552. The molecule has 70 valence electrons. The molecule has 1 aliphatic rings. The molecule has 0 aliphatic carbocycles. The fraction of sp³-hybridized carbons (Fsp3) is 0.889. The van der Waals surface area contributed by atoms with Crippen molar-refractivity contribution in [1.82, 2.24) is 5.32 Å². The zero-order valence-electron chi connectivity index (χ0n) is 7.80. The van der Waals surface area contributed by atoms with Gasteiger partial charge in [-0.25, -0.2) is 0 Å². The van der Waals surface area contributed by atoms with E-state index in [-0.39, 0.29) is 11.9 Å². The van der Waals surface area contributed by atoms with E-state index in [1.807, 2.05) is 6.92 Å². The molecule has 0 radical (unpaired) electrons. The van der Waals surface area contributed by atoms with Crippen LogP contribution >= 0.6 is 0 Å². The van der Waals surface area contributed by atoms with Crippen molar-refractivity contribution in [2.24, 2.45) is 5.92 Å². The lowest BCUT2D eigenvalue weighted by molar-refractivity contribution is -0.148. The van der Waals surface area contributed by atoms with Crippen molar-refractivity contribution in [3.63, 3.8) is 0 Å². The smallest absolute Gasteiger partial charge is 0.310 e. The summed E-state index contributed by atoms with van der Waals surface area (Å²) in [6.45, 7) is 5.25. The van der Waals surface area contributed by atoms with Crippen LogP contribution in [-0.2, 0) is 9.53 Å². The van der Waals surface area contributed by atoms with Crippen molar-refractivity contribution >= 4 is 5.97 Å². The molecule has 0 saturated carbocycles. The minimum absolute atomic E-state index is 0.0445. The lowest BCUT2D eigenvalue weighted by atomic mass is 9.96. The molecule has 3 nitrogen and oxygen atoms in total. The maximum absolute atomic E-state index is 11.2. The molecular weight excluding hydrogens is 154 g/mol. The van der Waals surface area contributed by atoms with E-state index >= 15 is 0 Å². The zero-order valence-corrected chi connectivity index (χ0v) is 7.80. The number of rotatable bonds is 2. The van der Waals surface area contributed by atoms with Gasteiger partial charge < -0.3 is 10.1 Å². The summed E-state index contributed by atoms with van der Waals surface area (Å²) < 4.78 is 4.94. The molecule has 1 aliphatic heterocycles. The maximum Gasteiger partial charge on any atom is 0.310 e. The predicted molar refractivity (Wildman–Crippen MR) is 46.8 cm³/mol. The second-order valence-corrected chi connectivity index (χ2v) is 3.34. The summed E-state index contributed by atoms with van der Waals surface area (Å²) in [5.74, 6) is 0.0399. The Morgan fingerprint density at radius 1 is 1.58 bits per heavy atom. The first-order valence-electron chi connectivity index (χ1n) is 4.64. The van der Waals surface area contributed by atoms with Crippen LogP contribution in [0.5, 0.6) is 0 Å². The zero-order chi connectivity index (χ0) is 8.97. The molecule has 1 rings (SSSR count). The molecule has 0 spiro atoms. The van der Waals surface area contributed by atoms with E-state index < -0.39 is 0 Å². The lowest BCUT2D eigenvalue weighted by Gasteiger charge is -2.25. The number of esters is 1. The highest BCUT2D eigenvalue weighted by atomic mass is 16.5. The summed E-state index contributed by atoms with van der Waals surface area (Å²) in [5, 5.41) is 3.27. The molecule has 1 saturated heterocycles. The van der Waals surface area contributed by atoms with E-state index in [4.69, 9.17) is 4.74 Å². The number of hydrogen-bond donors (Lipinski definition) is 1. The van der Waals surface area contributed by atoms with Gasteiger partial charge in [-0.1, -0.05) is 0 Å². The molecule has 3 heteroatoms. The summed E-state index contributed by atoms with van der Waals surface area (Å²) in [4.78, 5) is 11.2. The van der Waals surface area contributed by atoms with Gasteiger partial charge in [-0.2, -0.15) is 0 Å². The van der Waals surface area contributed by atoms with E-state index in [1.165, 1.54) is 0 Å². The van der Waals surface area contributed by atoms with Gasteiger partial charge in [-0.05, 0) is 26.7 Å². The van der Waals surface area contributed by atoms with Crippen molar-refractivity contribution in [2.75, 3.05) is 13.2 Å². The van der Waals surface area contributed by atoms with Gasteiger partial charge in [0.05, 0.1) is 12.5 Å². The highest BCUT2D eigenvalue weighted by Gasteiger charge is 2.24. The molecule has 0 aromatic rings. The predicted octanol–water partition coefficient (Wildman–Crippen LogP) is 0.938. The first-order chi connectivity index (χ1) is 5.74. The second-order valence-electron chi connectivity index (χ2n) is 3.34. The van der Waals surface area contributed by atoms with Gasteiger partial charge in [-0.3, -0.25) is 4.79 Å². The molecule has 12 heavy (non-hydrogen) atoms. The third kappa shape index (κ3) is 2.48. The summed E-state index contributed by atoms with van der Waals surface area (Å²) in [6.07, 6.45) is 2.04. The Kier molecular flexibility index (Phi) is 3.53.